The van der Waals surface area contributed by atoms with Gasteiger partial charge in [-0.1, -0.05) is 45.2 Å². The largest absolute Gasteiger partial charge is 0.360 e. The Morgan fingerprint density at radius 2 is 1.90 bits per heavy atom. The number of benzene rings is 2. The number of carbonyl (C=O) groups excluding carboxylic acids is 1. The summed E-state index contributed by atoms with van der Waals surface area (Å²) in [5, 5.41) is 1.67. The maximum absolute atomic E-state index is 12.6. The molecule has 0 fully saturated rings. The standard InChI is InChI=1S/C15H8BrCl2NO/c16-10-2-1-3-13-14(10)9(7-19-13)15(20)8-4-5-11(17)12(18)6-8/h1-7,19H. The summed E-state index contributed by atoms with van der Waals surface area (Å²) in [4.78, 5) is 15.7. The lowest BCUT2D eigenvalue weighted by molar-refractivity contribution is 0.104. The topological polar surface area (TPSA) is 32.9 Å². The van der Waals surface area contributed by atoms with E-state index in [1.54, 1.807) is 24.4 Å². The number of aromatic amines is 1. The van der Waals surface area contributed by atoms with Crippen molar-refractivity contribution in [2.24, 2.45) is 0 Å². The van der Waals surface area contributed by atoms with E-state index >= 15 is 0 Å². The van der Waals surface area contributed by atoms with Crippen molar-refractivity contribution >= 4 is 55.8 Å². The van der Waals surface area contributed by atoms with Gasteiger partial charge in [-0.2, -0.15) is 0 Å². The lowest BCUT2D eigenvalue weighted by Crippen LogP contribution is -2.00. The van der Waals surface area contributed by atoms with Crippen LogP contribution in [0.2, 0.25) is 10.0 Å². The van der Waals surface area contributed by atoms with Crippen LogP contribution in [0.1, 0.15) is 15.9 Å². The van der Waals surface area contributed by atoms with Crippen LogP contribution in [0.15, 0.2) is 47.1 Å². The van der Waals surface area contributed by atoms with Gasteiger partial charge in [0.15, 0.2) is 5.78 Å². The summed E-state index contributed by atoms with van der Waals surface area (Å²) in [6, 6.07) is 10.6. The highest BCUT2D eigenvalue weighted by Gasteiger charge is 2.16. The zero-order valence-electron chi connectivity index (χ0n) is 10.1. The van der Waals surface area contributed by atoms with Crippen molar-refractivity contribution in [2.45, 2.75) is 0 Å². The molecule has 0 aliphatic rings. The van der Waals surface area contributed by atoms with Gasteiger partial charge in [-0.05, 0) is 30.3 Å². The third-order valence-electron chi connectivity index (χ3n) is 3.08. The monoisotopic (exact) mass is 367 g/mol. The molecule has 0 bridgehead atoms. The van der Waals surface area contributed by atoms with Gasteiger partial charge in [0.2, 0.25) is 0 Å². The van der Waals surface area contributed by atoms with Crippen LogP contribution in [0, 0.1) is 0 Å². The SMILES string of the molecule is O=C(c1ccc(Cl)c(Cl)c1)c1c[nH]c2cccc(Br)c12. The van der Waals surface area contributed by atoms with Crippen molar-refractivity contribution in [3.63, 3.8) is 0 Å². The minimum absolute atomic E-state index is 0.0956. The highest BCUT2D eigenvalue weighted by Crippen LogP contribution is 2.30. The molecular formula is C15H8BrCl2NO. The minimum atomic E-state index is -0.0956. The summed E-state index contributed by atoms with van der Waals surface area (Å²) in [7, 11) is 0. The summed E-state index contributed by atoms with van der Waals surface area (Å²) in [5.41, 5.74) is 2.02. The molecule has 2 aromatic carbocycles. The number of halogens is 3. The van der Waals surface area contributed by atoms with Gasteiger partial charge in [-0.25, -0.2) is 0 Å². The van der Waals surface area contributed by atoms with Crippen LogP contribution in [0.25, 0.3) is 10.9 Å². The number of H-pyrrole nitrogens is 1. The van der Waals surface area contributed by atoms with Gasteiger partial charge >= 0.3 is 0 Å². The minimum Gasteiger partial charge on any atom is -0.360 e. The molecule has 0 aliphatic carbocycles. The quantitative estimate of drug-likeness (QED) is 0.598. The van der Waals surface area contributed by atoms with Crippen LogP contribution < -0.4 is 0 Å². The van der Waals surface area contributed by atoms with E-state index < -0.39 is 0 Å². The first kappa shape index (κ1) is 13.7. The maximum atomic E-state index is 12.6. The van der Waals surface area contributed by atoms with Gasteiger partial charge in [0, 0.05) is 32.7 Å². The number of hydrogen-bond donors (Lipinski definition) is 1. The van der Waals surface area contributed by atoms with E-state index in [2.05, 4.69) is 20.9 Å². The molecule has 3 aromatic rings. The Morgan fingerprint density at radius 3 is 2.65 bits per heavy atom. The van der Waals surface area contributed by atoms with Crippen molar-refractivity contribution < 1.29 is 4.79 Å². The second-order valence-electron chi connectivity index (χ2n) is 4.32. The average molecular weight is 369 g/mol. The summed E-state index contributed by atoms with van der Waals surface area (Å²) < 4.78 is 0.875. The molecule has 2 nitrogen and oxygen atoms in total. The van der Waals surface area contributed by atoms with Crippen molar-refractivity contribution in [3.8, 4) is 0 Å². The van der Waals surface area contributed by atoms with E-state index in [-0.39, 0.29) is 5.78 Å². The molecule has 0 spiro atoms. The first-order valence-electron chi connectivity index (χ1n) is 5.83. The zero-order valence-corrected chi connectivity index (χ0v) is 13.2. The third kappa shape index (κ3) is 2.26. The molecule has 0 radical (unpaired) electrons. The fraction of sp³-hybridized carbons (Fsp3) is 0. The van der Waals surface area contributed by atoms with E-state index in [9.17, 15) is 4.79 Å². The molecular weight excluding hydrogens is 361 g/mol. The van der Waals surface area contributed by atoms with Gasteiger partial charge in [-0.3, -0.25) is 4.79 Å². The second kappa shape index (κ2) is 5.24. The smallest absolute Gasteiger partial charge is 0.195 e. The van der Waals surface area contributed by atoms with Crippen molar-refractivity contribution in [2.75, 3.05) is 0 Å². The molecule has 100 valence electrons. The van der Waals surface area contributed by atoms with Crippen molar-refractivity contribution in [3.05, 3.63) is 68.2 Å². The first-order valence-corrected chi connectivity index (χ1v) is 7.38. The molecule has 5 heteroatoms. The lowest BCUT2D eigenvalue weighted by atomic mass is 10.0. The van der Waals surface area contributed by atoms with Crippen molar-refractivity contribution in [1.29, 1.82) is 0 Å². The zero-order chi connectivity index (χ0) is 14.3. The van der Waals surface area contributed by atoms with E-state index in [0.717, 1.165) is 15.4 Å². The van der Waals surface area contributed by atoms with Gasteiger partial charge in [0.1, 0.15) is 0 Å². The Morgan fingerprint density at radius 1 is 1.10 bits per heavy atom. The van der Waals surface area contributed by atoms with Gasteiger partial charge in [-0.15, -0.1) is 0 Å². The van der Waals surface area contributed by atoms with E-state index in [0.29, 0.717) is 21.2 Å². The summed E-state index contributed by atoms with van der Waals surface area (Å²) in [5.74, 6) is -0.0956. The summed E-state index contributed by atoms with van der Waals surface area (Å²) in [6.45, 7) is 0. The van der Waals surface area contributed by atoms with Gasteiger partial charge < -0.3 is 4.98 Å². The second-order valence-corrected chi connectivity index (χ2v) is 5.99. The number of rotatable bonds is 2. The van der Waals surface area contributed by atoms with Crippen LogP contribution in [-0.2, 0) is 0 Å². The Balaban J connectivity index is 2.15. The van der Waals surface area contributed by atoms with Crippen LogP contribution >= 0.6 is 39.1 Å². The first-order chi connectivity index (χ1) is 9.58. The third-order valence-corrected chi connectivity index (χ3v) is 4.48. The normalized spacial score (nSPS) is 10.9. The van der Waals surface area contributed by atoms with E-state index in [4.69, 9.17) is 23.2 Å². The summed E-state index contributed by atoms with van der Waals surface area (Å²) >= 11 is 15.3. The molecule has 3 rings (SSSR count). The maximum Gasteiger partial charge on any atom is 0.195 e. The molecule has 1 aromatic heterocycles. The summed E-state index contributed by atoms with van der Waals surface area (Å²) in [6.07, 6.45) is 1.71. The fourth-order valence-electron chi connectivity index (χ4n) is 2.11. The molecule has 1 N–H and O–H groups in total. The van der Waals surface area contributed by atoms with Gasteiger partial charge in [0.05, 0.1) is 10.0 Å². The highest BCUT2D eigenvalue weighted by molar-refractivity contribution is 9.10. The number of aromatic nitrogens is 1. The van der Waals surface area contributed by atoms with Crippen LogP contribution in [0.5, 0.6) is 0 Å². The molecule has 0 amide bonds. The average Bonchev–Trinajstić information content (AvgIpc) is 2.86. The number of fused-ring (bicyclic) bond motifs is 1. The lowest BCUT2D eigenvalue weighted by Gasteiger charge is -2.03. The highest BCUT2D eigenvalue weighted by atomic mass is 79.9. The van der Waals surface area contributed by atoms with E-state index in [1.807, 2.05) is 18.2 Å². The Labute approximate surface area is 133 Å². The van der Waals surface area contributed by atoms with Crippen LogP contribution in [0.3, 0.4) is 0 Å². The Bertz CT molecular complexity index is 826. The number of ketones is 1. The Hall–Kier alpha value is -1.29. The van der Waals surface area contributed by atoms with Crippen LogP contribution in [-0.4, -0.2) is 10.8 Å². The van der Waals surface area contributed by atoms with E-state index in [1.165, 1.54) is 0 Å². The number of nitrogens with one attached hydrogen (secondary N) is 1. The molecule has 0 unspecified atom stereocenters. The van der Waals surface area contributed by atoms with Crippen molar-refractivity contribution in [1.82, 2.24) is 4.98 Å². The predicted molar refractivity (Wildman–Crippen MR) is 85.9 cm³/mol. The molecule has 0 saturated carbocycles. The molecule has 20 heavy (non-hydrogen) atoms. The molecule has 0 aliphatic heterocycles. The molecule has 0 atom stereocenters. The predicted octanol–water partition coefficient (Wildman–Crippen LogP) is 5.47. The fourth-order valence-corrected chi connectivity index (χ4v) is 2.99. The number of carbonyl (C=O) groups is 1. The Kier molecular flexibility index (Phi) is 3.59. The molecule has 1 heterocycles. The molecule has 0 saturated heterocycles. The van der Waals surface area contributed by atoms with Gasteiger partial charge in [0.25, 0.3) is 0 Å². The van der Waals surface area contributed by atoms with Crippen LogP contribution in [0.4, 0.5) is 0 Å². The number of hydrogen-bond acceptors (Lipinski definition) is 1.